The molecule has 0 bridgehead atoms. The lowest BCUT2D eigenvalue weighted by Crippen LogP contribution is -2.55. The molecule has 5 heterocycles. The highest BCUT2D eigenvalue weighted by Gasteiger charge is 2.43. The van der Waals surface area contributed by atoms with Crippen molar-refractivity contribution in [3.63, 3.8) is 0 Å². The summed E-state index contributed by atoms with van der Waals surface area (Å²) in [5.74, 6) is -7.64. The summed E-state index contributed by atoms with van der Waals surface area (Å²) in [6, 6.07) is 20.7. The Morgan fingerprint density at radius 1 is 0.402 bits per heavy atom. The van der Waals surface area contributed by atoms with Gasteiger partial charge in [0.05, 0.1) is 36.9 Å². The van der Waals surface area contributed by atoms with Gasteiger partial charge in [0.15, 0.2) is 24.4 Å². The van der Waals surface area contributed by atoms with E-state index in [1.54, 1.807) is 52.4 Å². The van der Waals surface area contributed by atoms with Gasteiger partial charge in [0.1, 0.15) is 24.2 Å². The Balaban J connectivity index is 1.24. The molecule has 92 heavy (non-hydrogen) atoms. The van der Waals surface area contributed by atoms with Crippen LogP contribution in [0.15, 0.2) is 122 Å². The lowest BCUT2D eigenvalue weighted by molar-refractivity contribution is -0.176. The lowest BCUT2D eigenvalue weighted by atomic mass is 9.99. The number of rotatable bonds is 18. The second kappa shape index (κ2) is 32.3. The molecule has 492 valence electrons. The number of carbonyl (C=O) groups is 8. The fourth-order valence-electron chi connectivity index (χ4n) is 11.2. The topological polar surface area (TPSA) is 248 Å². The van der Waals surface area contributed by atoms with Gasteiger partial charge in [0.25, 0.3) is 23.6 Å². The van der Waals surface area contributed by atoms with E-state index in [0.29, 0.717) is 24.2 Å². The molecule has 0 saturated carbocycles. The number of carbonyl (C=O) groups excluding carboxylic acids is 8. The highest BCUT2D eigenvalue weighted by molar-refractivity contribution is 5.94. The molecule has 4 aromatic heterocycles. The number of cyclic esters (lactones) is 4. The molecule has 0 aliphatic carbocycles. The van der Waals surface area contributed by atoms with Crippen molar-refractivity contribution in [2.75, 3.05) is 28.2 Å². The molecular formula is C70H90N10O12. The number of amides is 4. The predicted octanol–water partition coefficient (Wildman–Crippen LogP) is 8.28. The van der Waals surface area contributed by atoms with E-state index in [9.17, 15) is 28.8 Å². The quantitative estimate of drug-likeness (QED) is 0.0580. The maximum atomic E-state index is 15.2. The normalized spacial score (nSPS) is 21.7. The fraction of sp³-hybridized carbons (Fsp3) is 0.486. The van der Waals surface area contributed by atoms with Gasteiger partial charge < -0.3 is 38.5 Å². The number of benzene rings is 2. The van der Waals surface area contributed by atoms with Crippen LogP contribution in [0.4, 0.5) is 0 Å². The van der Waals surface area contributed by atoms with Crippen molar-refractivity contribution in [2.45, 2.75) is 169 Å². The summed E-state index contributed by atoms with van der Waals surface area (Å²) >= 11 is 0. The summed E-state index contributed by atoms with van der Waals surface area (Å²) in [7, 11) is 5.57. The molecule has 1 aliphatic heterocycles. The van der Waals surface area contributed by atoms with Crippen molar-refractivity contribution in [3.05, 3.63) is 144 Å². The number of pyridine rings is 2. The van der Waals surface area contributed by atoms with Gasteiger partial charge in [0, 0.05) is 76.9 Å². The predicted molar refractivity (Wildman–Crippen MR) is 344 cm³/mol. The van der Waals surface area contributed by atoms with Gasteiger partial charge in [-0.25, -0.2) is 19.2 Å². The van der Waals surface area contributed by atoms with Gasteiger partial charge in [-0.3, -0.25) is 38.5 Å². The van der Waals surface area contributed by atoms with Gasteiger partial charge >= 0.3 is 23.9 Å². The van der Waals surface area contributed by atoms with Crippen molar-refractivity contribution in [1.29, 1.82) is 0 Å². The Bertz CT molecular complexity index is 3460. The highest BCUT2D eigenvalue weighted by atomic mass is 16.6. The first kappa shape index (κ1) is 70.4. The number of aromatic nitrogens is 6. The molecule has 2 aromatic carbocycles. The lowest BCUT2D eigenvalue weighted by Gasteiger charge is -2.35. The Kier molecular flexibility index (Phi) is 24.7. The van der Waals surface area contributed by atoms with E-state index < -0.39 is 96.1 Å². The van der Waals surface area contributed by atoms with Crippen LogP contribution < -0.4 is 0 Å². The summed E-state index contributed by atoms with van der Waals surface area (Å²) < 4.78 is 28.0. The van der Waals surface area contributed by atoms with Crippen molar-refractivity contribution in [2.24, 2.45) is 23.7 Å². The first-order valence-electron chi connectivity index (χ1n) is 31.6. The molecule has 1 aliphatic rings. The second-order valence-corrected chi connectivity index (χ2v) is 25.7. The summed E-state index contributed by atoms with van der Waals surface area (Å²) in [4.78, 5) is 132. The van der Waals surface area contributed by atoms with Crippen LogP contribution in [0.3, 0.4) is 0 Å². The third-order valence-corrected chi connectivity index (χ3v) is 16.2. The number of nitrogens with zero attached hydrogens (tertiary/aromatic N) is 10. The molecule has 7 rings (SSSR count). The maximum absolute atomic E-state index is 15.2. The Labute approximate surface area is 539 Å². The van der Waals surface area contributed by atoms with E-state index >= 15 is 9.59 Å². The molecule has 1 fully saturated rings. The molecule has 1 saturated heterocycles. The molecule has 6 aromatic rings. The van der Waals surface area contributed by atoms with Crippen LogP contribution in [0.1, 0.15) is 117 Å². The minimum absolute atomic E-state index is 0.0624. The van der Waals surface area contributed by atoms with Crippen LogP contribution in [-0.4, -0.2) is 173 Å². The van der Waals surface area contributed by atoms with E-state index in [1.165, 1.54) is 42.0 Å². The Morgan fingerprint density at radius 2 is 0.750 bits per heavy atom. The second-order valence-electron chi connectivity index (χ2n) is 25.7. The molecule has 8 atom stereocenters. The van der Waals surface area contributed by atoms with Gasteiger partial charge in [0.2, 0.25) is 0 Å². The number of hydrogen-bond donors (Lipinski definition) is 0. The monoisotopic (exact) mass is 1260 g/mol. The fourth-order valence-corrected chi connectivity index (χ4v) is 11.2. The highest BCUT2D eigenvalue weighted by Crippen LogP contribution is 2.26. The molecule has 22 heteroatoms. The SMILES string of the molecule is CC(C)C[C@H]1C(=O)O[C@H](Cc2cccc(Cn3cc(-c4ccccn4)cn3)c2)C(=O)N(C)[C@@H](CC(C)C)C(=O)O[C@H](C)C(=O)N(C)[C@@H](CC(C)C)C(=O)O[C@H](Cc2ccc(Cn3cc(-c4ccccn4)cn3)cc2)C(=O)N(C)[C@@H](CC(C)C)C(=O)O[C@H](C)C(=O)N1C. The van der Waals surface area contributed by atoms with Gasteiger partial charge in [-0.1, -0.05) is 116 Å². The van der Waals surface area contributed by atoms with Crippen LogP contribution in [0.5, 0.6) is 0 Å². The largest absolute Gasteiger partial charge is 0.451 e. The van der Waals surface area contributed by atoms with Crippen molar-refractivity contribution >= 4 is 47.5 Å². The smallest absolute Gasteiger partial charge is 0.329 e. The van der Waals surface area contributed by atoms with Crippen LogP contribution in [0.25, 0.3) is 22.5 Å². The van der Waals surface area contributed by atoms with E-state index in [2.05, 4.69) is 20.2 Å². The zero-order valence-electron chi connectivity index (χ0n) is 55.5. The van der Waals surface area contributed by atoms with E-state index in [-0.39, 0.29) is 62.2 Å². The van der Waals surface area contributed by atoms with Crippen molar-refractivity contribution in [3.8, 4) is 22.5 Å². The summed E-state index contributed by atoms with van der Waals surface area (Å²) in [5.41, 5.74) is 6.06. The zero-order valence-corrected chi connectivity index (χ0v) is 55.5. The van der Waals surface area contributed by atoms with E-state index in [4.69, 9.17) is 18.9 Å². The summed E-state index contributed by atoms with van der Waals surface area (Å²) in [5, 5.41) is 9.07. The Hall–Kier alpha value is -9.08. The van der Waals surface area contributed by atoms with Crippen molar-refractivity contribution in [1.82, 2.24) is 49.1 Å². The third-order valence-electron chi connectivity index (χ3n) is 16.2. The van der Waals surface area contributed by atoms with Gasteiger partial charge in [-0.05, 0) is 110 Å². The summed E-state index contributed by atoms with van der Waals surface area (Å²) in [6.07, 6.45) is 4.39. The molecule has 22 nitrogen and oxygen atoms in total. The standard InChI is InChI=1S/C70H90N10O12/c1-43(2)30-57-67(85)89-48(10)64(82)76(12)60(33-46(7)8)70(88)92-62(36-51-20-19-21-52(34-51)40-80-42-54(38-74-80)56-23-16-18-29-72-56)66(84)78(14)58(31-44(3)4)68(86)90-47(9)63(81)75(11)59(32-45(5)6)69(87)91-61(65(83)77(57)13)35-49-24-26-50(27-25-49)39-79-41-53(37-73-79)55-22-15-17-28-71-55/h15-29,34,37-38,41-48,57-62H,30-33,35-36,39-40H2,1-14H3/t47-,48-,57+,58+,59+,60+,61-,62-/m1/s1. The van der Waals surface area contributed by atoms with Gasteiger partial charge in [-0.15, -0.1) is 0 Å². The first-order chi connectivity index (χ1) is 43.7. The molecule has 0 unspecified atom stereocenters. The van der Waals surface area contributed by atoms with Crippen LogP contribution in [0.2, 0.25) is 0 Å². The van der Waals surface area contributed by atoms with Crippen LogP contribution >= 0.6 is 0 Å². The van der Waals surface area contributed by atoms with E-state index in [1.807, 2.05) is 135 Å². The average molecular weight is 1260 g/mol. The number of hydrogen-bond acceptors (Lipinski definition) is 16. The number of likely N-dealkylation sites (N-methyl/N-ethyl adjacent to an activating group) is 4. The molecule has 0 radical (unpaired) electrons. The molecular weight excluding hydrogens is 1170 g/mol. The van der Waals surface area contributed by atoms with Crippen molar-refractivity contribution < 1.29 is 57.3 Å². The van der Waals surface area contributed by atoms with Crippen LogP contribution in [0, 0.1) is 23.7 Å². The Morgan fingerprint density at radius 3 is 1.13 bits per heavy atom. The summed E-state index contributed by atoms with van der Waals surface area (Å²) in [6.45, 7) is 18.3. The van der Waals surface area contributed by atoms with Crippen LogP contribution in [-0.2, 0) is 83.2 Å². The zero-order chi connectivity index (χ0) is 67.1. The third kappa shape index (κ3) is 19.0. The molecule has 0 spiro atoms. The maximum Gasteiger partial charge on any atom is 0.329 e. The molecule has 0 N–H and O–H groups in total. The minimum Gasteiger partial charge on any atom is -0.451 e. The van der Waals surface area contributed by atoms with E-state index in [0.717, 1.165) is 53.2 Å². The first-order valence-corrected chi connectivity index (χ1v) is 31.6. The average Bonchev–Trinajstić information content (AvgIpc) is 1.10. The number of ether oxygens (including phenoxy) is 4. The minimum atomic E-state index is -1.58. The molecule has 4 amide bonds. The number of esters is 4. The van der Waals surface area contributed by atoms with Gasteiger partial charge in [-0.2, -0.15) is 10.2 Å².